The van der Waals surface area contributed by atoms with E-state index in [9.17, 15) is 5.11 Å². The Labute approximate surface area is 166 Å². The lowest BCUT2D eigenvalue weighted by molar-refractivity contribution is 0.249. The molecule has 2 heteroatoms. The molecule has 0 aliphatic carbocycles. The summed E-state index contributed by atoms with van der Waals surface area (Å²) in [6.07, 6.45) is 11.6. The summed E-state index contributed by atoms with van der Waals surface area (Å²) in [4.78, 5) is 2.37. The first-order valence-electron chi connectivity index (χ1n) is 10.8. The number of hydrogen-bond acceptors (Lipinski definition) is 2. The van der Waals surface area contributed by atoms with Crippen molar-refractivity contribution in [3.05, 3.63) is 66.2 Å². The third-order valence-electron chi connectivity index (χ3n) is 5.33. The van der Waals surface area contributed by atoms with E-state index < -0.39 is 0 Å². The molecule has 0 aliphatic rings. The Hall–Kier alpha value is -1.80. The van der Waals surface area contributed by atoms with E-state index in [4.69, 9.17) is 0 Å². The number of rotatable bonds is 14. The molecule has 1 atom stereocenters. The van der Waals surface area contributed by atoms with Gasteiger partial charge in [-0.25, -0.2) is 0 Å². The highest BCUT2D eigenvalue weighted by molar-refractivity contribution is 5.47. The second-order valence-electron chi connectivity index (χ2n) is 7.55. The number of hydrogen-bond donors (Lipinski definition) is 1. The van der Waals surface area contributed by atoms with E-state index in [0.29, 0.717) is 0 Å². The average Bonchev–Trinajstić information content (AvgIpc) is 2.73. The molecule has 0 aliphatic heterocycles. The zero-order valence-electron chi connectivity index (χ0n) is 17.0. The fraction of sp³-hybridized carbons (Fsp3) is 0.520. The topological polar surface area (TPSA) is 23.5 Å². The minimum absolute atomic E-state index is 0.174. The van der Waals surface area contributed by atoms with Gasteiger partial charge in [0.15, 0.2) is 0 Å². The van der Waals surface area contributed by atoms with E-state index >= 15 is 0 Å². The lowest BCUT2D eigenvalue weighted by Gasteiger charge is -2.33. The van der Waals surface area contributed by atoms with Crippen LogP contribution in [-0.4, -0.2) is 17.8 Å². The predicted molar refractivity (Wildman–Crippen MR) is 117 cm³/mol. The van der Waals surface area contributed by atoms with Crippen LogP contribution in [0, 0.1) is 0 Å². The molecule has 0 saturated carbocycles. The molecule has 0 radical (unpaired) electrons. The van der Waals surface area contributed by atoms with Crippen LogP contribution in [-0.2, 0) is 6.54 Å². The summed E-state index contributed by atoms with van der Waals surface area (Å²) < 4.78 is 0. The number of anilines is 1. The van der Waals surface area contributed by atoms with Crippen LogP contribution in [0.2, 0.25) is 0 Å². The maximum Gasteiger partial charge on any atom is 0.0635 e. The highest BCUT2D eigenvalue weighted by Gasteiger charge is 2.18. The fourth-order valence-electron chi connectivity index (χ4n) is 3.69. The lowest BCUT2D eigenvalue weighted by Crippen LogP contribution is -2.37. The molecular formula is C25H37NO. The summed E-state index contributed by atoms with van der Waals surface area (Å²) in [5, 5.41) is 10.1. The van der Waals surface area contributed by atoms with E-state index in [1.807, 2.05) is 0 Å². The molecule has 148 valence electrons. The van der Waals surface area contributed by atoms with Gasteiger partial charge in [-0.3, -0.25) is 0 Å². The maximum absolute atomic E-state index is 10.1. The van der Waals surface area contributed by atoms with Crippen LogP contribution >= 0.6 is 0 Å². The number of nitrogens with zero attached hydrogens (tertiary/aromatic N) is 1. The Morgan fingerprint density at radius 2 is 1.30 bits per heavy atom. The van der Waals surface area contributed by atoms with E-state index in [2.05, 4.69) is 72.5 Å². The van der Waals surface area contributed by atoms with Crippen molar-refractivity contribution in [3.8, 4) is 0 Å². The van der Waals surface area contributed by atoms with Gasteiger partial charge in [-0.15, -0.1) is 0 Å². The van der Waals surface area contributed by atoms with Crippen molar-refractivity contribution in [2.75, 3.05) is 11.5 Å². The molecule has 1 N–H and O–H groups in total. The van der Waals surface area contributed by atoms with Crippen molar-refractivity contribution >= 4 is 5.69 Å². The molecule has 0 aromatic heterocycles. The van der Waals surface area contributed by atoms with Crippen LogP contribution in [0.25, 0.3) is 0 Å². The summed E-state index contributed by atoms with van der Waals surface area (Å²) >= 11 is 0. The van der Waals surface area contributed by atoms with Gasteiger partial charge in [0.2, 0.25) is 0 Å². The summed E-state index contributed by atoms with van der Waals surface area (Å²) in [6, 6.07) is 21.3. The first-order chi connectivity index (χ1) is 13.3. The van der Waals surface area contributed by atoms with Crippen molar-refractivity contribution in [2.45, 2.75) is 77.3 Å². The van der Waals surface area contributed by atoms with Crippen LogP contribution in [0.4, 0.5) is 5.69 Å². The maximum atomic E-state index is 10.1. The summed E-state index contributed by atoms with van der Waals surface area (Å²) in [7, 11) is 0. The predicted octanol–water partition coefficient (Wildman–Crippen LogP) is 6.58. The third-order valence-corrected chi connectivity index (χ3v) is 5.33. The second-order valence-corrected chi connectivity index (χ2v) is 7.55. The smallest absolute Gasteiger partial charge is 0.0635 e. The molecule has 2 nitrogen and oxygen atoms in total. The average molecular weight is 368 g/mol. The van der Waals surface area contributed by atoms with E-state index in [1.54, 1.807) is 0 Å². The lowest BCUT2D eigenvalue weighted by atomic mass is 10.0. The molecule has 2 aromatic rings. The molecule has 0 heterocycles. The van der Waals surface area contributed by atoms with Crippen molar-refractivity contribution in [3.63, 3.8) is 0 Å². The van der Waals surface area contributed by atoms with Gasteiger partial charge < -0.3 is 10.0 Å². The van der Waals surface area contributed by atoms with Gasteiger partial charge in [-0.2, -0.15) is 0 Å². The Kier molecular flexibility index (Phi) is 10.7. The highest BCUT2D eigenvalue weighted by Crippen LogP contribution is 2.23. The summed E-state index contributed by atoms with van der Waals surface area (Å²) in [5.41, 5.74) is 2.48. The molecule has 0 bridgehead atoms. The molecule has 0 saturated heterocycles. The normalized spacial score (nSPS) is 12.1. The first kappa shape index (κ1) is 21.5. The molecular weight excluding hydrogens is 330 g/mol. The Balaban J connectivity index is 1.88. The Morgan fingerprint density at radius 1 is 0.741 bits per heavy atom. The van der Waals surface area contributed by atoms with Gasteiger partial charge in [0.05, 0.1) is 12.6 Å². The largest absolute Gasteiger partial charge is 0.394 e. The SMILES string of the molecule is CCCCCCCCCCC(CO)N(Cc1ccccc1)c1ccccc1. The molecule has 27 heavy (non-hydrogen) atoms. The molecule has 2 rings (SSSR count). The zero-order chi connectivity index (χ0) is 19.2. The van der Waals surface area contributed by atoms with Crippen LogP contribution in [0.3, 0.4) is 0 Å². The number of aliphatic hydroxyl groups excluding tert-OH is 1. The van der Waals surface area contributed by atoms with Crippen molar-refractivity contribution in [1.82, 2.24) is 0 Å². The monoisotopic (exact) mass is 367 g/mol. The summed E-state index contributed by atoms with van der Waals surface area (Å²) in [5.74, 6) is 0. The van der Waals surface area contributed by atoms with Crippen molar-refractivity contribution < 1.29 is 5.11 Å². The highest BCUT2D eigenvalue weighted by atomic mass is 16.3. The van der Waals surface area contributed by atoms with Gasteiger partial charge in [0.1, 0.15) is 0 Å². The van der Waals surface area contributed by atoms with Crippen LogP contribution < -0.4 is 4.90 Å². The van der Waals surface area contributed by atoms with Gasteiger partial charge in [-0.05, 0) is 24.1 Å². The minimum atomic E-state index is 0.174. The Bertz CT molecular complexity index is 584. The molecule has 0 amide bonds. The van der Waals surface area contributed by atoms with E-state index in [-0.39, 0.29) is 12.6 Å². The molecule has 0 spiro atoms. The molecule has 1 unspecified atom stereocenters. The third kappa shape index (κ3) is 8.17. The van der Waals surface area contributed by atoms with Crippen LogP contribution in [0.15, 0.2) is 60.7 Å². The fourth-order valence-corrected chi connectivity index (χ4v) is 3.69. The quantitative estimate of drug-likeness (QED) is 0.381. The van der Waals surface area contributed by atoms with Crippen LogP contribution in [0.1, 0.15) is 70.3 Å². The Morgan fingerprint density at radius 3 is 1.89 bits per heavy atom. The van der Waals surface area contributed by atoms with E-state index in [0.717, 1.165) is 13.0 Å². The van der Waals surface area contributed by atoms with Gasteiger partial charge in [0.25, 0.3) is 0 Å². The number of unbranched alkanes of at least 4 members (excludes halogenated alkanes) is 7. The first-order valence-corrected chi connectivity index (χ1v) is 10.8. The van der Waals surface area contributed by atoms with Gasteiger partial charge >= 0.3 is 0 Å². The minimum Gasteiger partial charge on any atom is -0.394 e. The number of para-hydroxylation sites is 1. The van der Waals surface area contributed by atoms with Crippen LogP contribution in [0.5, 0.6) is 0 Å². The van der Waals surface area contributed by atoms with Crippen molar-refractivity contribution in [2.24, 2.45) is 0 Å². The van der Waals surface area contributed by atoms with Gasteiger partial charge in [-0.1, -0.05) is 107 Å². The van der Waals surface area contributed by atoms with E-state index in [1.165, 1.54) is 62.6 Å². The van der Waals surface area contributed by atoms with Crippen molar-refractivity contribution in [1.29, 1.82) is 0 Å². The molecule has 2 aromatic carbocycles. The number of benzene rings is 2. The second kappa shape index (κ2) is 13.4. The zero-order valence-corrected chi connectivity index (χ0v) is 17.0. The molecule has 0 fully saturated rings. The number of aliphatic hydroxyl groups is 1. The standard InChI is InChI=1S/C25H37NO/c1-2-3-4-5-6-7-8-13-20-25(22-27)26(24-18-14-10-15-19-24)21-23-16-11-9-12-17-23/h9-12,14-19,25,27H,2-8,13,20-22H2,1H3. The van der Waals surface area contributed by atoms with Gasteiger partial charge in [0, 0.05) is 12.2 Å². The summed E-state index contributed by atoms with van der Waals surface area (Å²) in [6.45, 7) is 3.31.